The van der Waals surface area contributed by atoms with Crippen LogP contribution in [-0.4, -0.2) is 39.5 Å². The van der Waals surface area contributed by atoms with Crippen LogP contribution in [0.15, 0.2) is 23.1 Å². The third-order valence-corrected chi connectivity index (χ3v) is 5.12. The van der Waals surface area contributed by atoms with Crippen molar-refractivity contribution in [1.82, 2.24) is 15.2 Å². The Kier molecular flexibility index (Phi) is 5.21. The second-order valence-corrected chi connectivity index (χ2v) is 7.13. The van der Waals surface area contributed by atoms with Crippen molar-refractivity contribution in [3.63, 3.8) is 0 Å². The normalized spacial score (nSPS) is 16.7. The number of rotatable bonds is 4. The van der Waals surface area contributed by atoms with Gasteiger partial charge in [-0.25, -0.2) is 18.1 Å². The highest BCUT2D eigenvalue weighted by molar-refractivity contribution is 7.89. The molecule has 1 aliphatic heterocycles. The number of hydrogen-bond donors (Lipinski definition) is 2. The van der Waals surface area contributed by atoms with E-state index in [4.69, 9.17) is 11.6 Å². The molecule has 0 radical (unpaired) electrons. The van der Waals surface area contributed by atoms with E-state index in [2.05, 4.69) is 10.1 Å². The van der Waals surface area contributed by atoms with Gasteiger partial charge in [-0.2, -0.15) is 0 Å². The number of piperidine rings is 1. The maximum Gasteiger partial charge on any atom is 0.267 e. The molecule has 1 aliphatic rings. The molecule has 21 heavy (non-hydrogen) atoms. The molecule has 1 heterocycles. The van der Waals surface area contributed by atoms with E-state index < -0.39 is 15.9 Å². The van der Waals surface area contributed by atoms with Gasteiger partial charge in [0.1, 0.15) is 0 Å². The molecular weight excluding hydrogens is 314 g/mol. The van der Waals surface area contributed by atoms with E-state index in [0.29, 0.717) is 0 Å². The molecular formula is C13H18ClN3O3S. The predicted octanol–water partition coefficient (Wildman–Crippen LogP) is 1.38. The second-order valence-electron chi connectivity index (χ2n) is 4.84. The molecule has 0 aliphatic carbocycles. The number of nitrogens with zero attached hydrogens (tertiary/aromatic N) is 1. The maximum absolute atomic E-state index is 12.2. The van der Waals surface area contributed by atoms with Crippen LogP contribution >= 0.6 is 11.6 Å². The fourth-order valence-corrected chi connectivity index (χ4v) is 3.13. The van der Waals surface area contributed by atoms with Crippen molar-refractivity contribution >= 4 is 27.5 Å². The number of halogens is 1. The van der Waals surface area contributed by atoms with Crippen LogP contribution in [0.1, 0.15) is 29.6 Å². The number of sulfonamides is 1. The van der Waals surface area contributed by atoms with Gasteiger partial charge in [-0.05, 0) is 38.1 Å². The molecule has 1 aromatic carbocycles. The van der Waals surface area contributed by atoms with Gasteiger partial charge in [0.2, 0.25) is 10.0 Å². The molecule has 8 heteroatoms. The number of benzene rings is 1. The number of carbonyl (C=O) groups is 1. The SMILES string of the molecule is CNS(=O)(=O)c1ccc(Cl)c(C(=O)NN2CCCCC2)c1. The number of hydrogen-bond acceptors (Lipinski definition) is 4. The average Bonchev–Trinajstić information content (AvgIpc) is 2.48. The van der Waals surface area contributed by atoms with Crippen LogP contribution in [0.3, 0.4) is 0 Å². The summed E-state index contributed by atoms with van der Waals surface area (Å²) in [5, 5.41) is 2.06. The summed E-state index contributed by atoms with van der Waals surface area (Å²) in [6.45, 7) is 1.58. The Morgan fingerprint density at radius 2 is 1.90 bits per heavy atom. The topological polar surface area (TPSA) is 78.5 Å². The Labute approximate surface area is 129 Å². The zero-order valence-corrected chi connectivity index (χ0v) is 13.3. The summed E-state index contributed by atoms with van der Waals surface area (Å²) in [5.74, 6) is -0.393. The minimum Gasteiger partial charge on any atom is -0.285 e. The number of amides is 1. The lowest BCUT2D eigenvalue weighted by Gasteiger charge is -2.27. The fourth-order valence-electron chi connectivity index (χ4n) is 2.17. The first kappa shape index (κ1) is 16.2. The number of carbonyl (C=O) groups excluding carboxylic acids is 1. The van der Waals surface area contributed by atoms with Crippen LogP contribution in [-0.2, 0) is 10.0 Å². The van der Waals surface area contributed by atoms with E-state index in [0.717, 1.165) is 32.4 Å². The van der Waals surface area contributed by atoms with Crippen molar-refractivity contribution < 1.29 is 13.2 Å². The van der Waals surface area contributed by atoms with Crippen molar-refractivity contribution in [2.24, 2.45) is 0 Å². The highest BCUT2D eigenvalue weighted by atomic mass is 35.5. The lowest BCUT2D eigenvalue weighted by Crippen LogP contribution is -2.45. The summed E-state index contributed by atoms with van der Waals surface area (Å²) in [6, 6.07) is 4.07. The Morgan fingerprint density at radius 3 is 2.52 bits per heavy atom. The monoisotopic (exact) mass is 331 g/mol. The van der Waals surface area contributed by atoms with Crippen molar-refractivity contribution in [1.29, 1.82) is 0 Å². The van der Waals surface area contributed by atoms with Gasteiger partial charge in [0.25, 0.3) is 5.91 Å². The van der Waals surface area contributed by atoms with Gasteiger partial charge in [-0.3, -0.25) is 10.2 Å². The smallest absolute Gasteiger partial charge is 0.267 e. The zero-order chi connectivity index (χ0) is 15.5. The summed E-state index contributed by atoms with van der Waals surface area (Å²) in [6.07, 6.45) is 3.22. The van der Waals surface area contributed by atoms with Crippen molar-refractivity contribution in [2.75, 3.05) is 20.1 Å². The zero-order valence-electron chi connectivity index (χ0n) is 11.7. The molecule has 0 unspecified atom stereocenters. The van der Waals surface area contributed by atoms with E-state index in [1.54, 1.807) is 0 Å². The van der Waals surface area contributed by atoms with Crippen LogP contribution in [0.25, 0.3) is 0 Å². The molecule has 1 aromatic rings. The number of hydrazine groups is 1. The molecule has 2 N–H and O–H groups in total. The molecule has 0 bridgehead atoms. The molecule has 116 valence electrons. The van der Waals surface area contributed by atoms with Crippen molar-refractivity contribution in [2.45, 2.75) is 24.2 Å². The summed E-state index contributed by atoms with van der Waals surface area (Å²) >= 11 is 6.01. The third-order valence-electron chi connectivity index (χ3n) is 3.38. The predicted molar refractivity (Wildman–Crippen MR) is 80.6 cm³/mol. The van der Waals surface area contributed by atoms with Crippen LogP contribution in [0, 0.1) is 0 Å². The van der Waals surface area contributed by atoms with Gasteiger partial charge in [0, 0.05) is 13.1 Å². The molecule has 0 spiro atoms. The van der Waals surface area contributed by atoms with Crippen LogP contribution < -0.4 is 10.1 Å². The molecule has 0 atom stereocenters. The Balaban J connectivity index is 2.21. The Hall–Kier alpha value is -1.15. The van der Waals surface area contributed by atoms with Gasteiger partial charge >= 0.3 is 0 Å². The van der Waals surface area contributed by atoms with E-state index in [1.165, 1.54) is 25.2 Å². The lowest BCUT2D eigenvalue weighted by atomic mass is 10.1. The van der Waals surface area contributed by atoms with E-state index in [1.807, 2.05) is 5.01 Å². The highest BCUT2D eigenvalue weighted by Crippen LogP contribution is 2.20. The Morgan fingerprint density at radius 1 is 1.24 bits per heavy atom. The van der Waals surface area contributed by atoms with Gasteiger partial charge < -0.3 is 0 Å². The molecule has 0 aromatic heterocycles. The van der Waals surface area contributed by atoms with Crippen molar-refractivity contribution in [3.05, 3.63) is 28.8 Å². The largest absolute Gasteiger partial charge is 0.285 e. The second kappa shape index (κ2) is 6.74. The first-order chi connectivity index (χ1) is 9.94. The number of nitrogens with one attached hydrogen (secondary N) is 2. The minimum absolute atomic E-state index is 0.0122. The van der Waals surface area contributed by atoms with Crippen LogP contribution in [0.5, 0.6) is 0 Å². The van der Waals surface area contributed by atoms with Crippen molar-refractivity contribution in [3.8, 4) is 0 Å². The molecule has 1 amide bonds. The summed E-state index contributed by atoms with van der Waals surface area (Å²) < 4.78 is 25.8. The highest BCUT2D eigenvalue weighted by Gasteiger charge is 2.19. The van der Waals surface area contributed by atoms with Gasteiger partial charge in [0.15, 0.2) is 0 Å². The molecule has 6 nitrogen and oxygen atoms in total. The first-order valence-electron chi connectivity index (χ1n) is 6.73. The average molecular weight is 332 g/mol. The summed E-state index contributed by atoms with van der Waals surface area (Å²) in [7, 11) is -2.29. The lowest BCUT2D eigenvalue weighted by molar-refractivity contribution is 0.0750. The van der Waals surface area contributed by atoms with Gasteiger partial charge in [0.05, 0.1) is 15.5 Å². The fraction of sp³-hybridized carbons (Fsp3) is 0.462. The van der Waals surface area contributed by atoms with E-state index >= 15 is 0 Å². The Bertz CT molecular complexity index is 628. The van der Waals surface area contributed by atoms with Crippen LogP contribution in [0.4, 0.5) is 0 Å². The summed E-state index contributed by atoms with van der Waals surface area (Å²) in [5.41, 5.74) is 2.92. The van der Waals surface area contributed by atoms with Crippen LogP contribution in [0.2, 0.25) is 5.02 Å². The maximum atomic E-state index is 12.2. The molecule has 1 fully saturated rings. The quantitative estimate of drug-likeness (QED) is 0.873. The van der Waals surface area contributed by atoms with E-state index in [9.17, 15) is 13.2 Å². The first-order valence-corrected chi connectivity index (χ1v) is 8.59. The summed E-state index contributed by atoms with van der Waals surface area (Å²) in [4.78, 5) is 12.3. The van der Waals surface area contributed by atoms with Gasteiger partial charge in [-0.1, -0.05) is 18.0 Å². The molecule has 2 rings (SSSR count). The molecule has 1 saturated heterocycles. The van der Waals surface area contributed by atoms with E-state index in [-0.39, 0.29) is 15.5 Å². The standard InChI is InChI=1S/C13H18ClN3O3S/c1-15-21(19,20)10-5-6-12(14)11(9-10)13(18)16-17-7-3-2-4-8-17/h5-6,9,15H,2-4,7-8H2,1H3,(H,16,18). The molecule has 0 saturated carbocycles. The van der Waals surface area contributed by atoms with Gasteiger partial charge in [-0.15, -0.1) is 0 Å². The minimum atomic E-state index is -3.61. The third kappa shape index (κ3) is 3.94.